The molecule has 1 nitrogen and oxygen atoms in total. The molecule has 3 rings (SSSR count). The van der Waals surface area contributed by atoms with Crippen LogP contribution in [0.5, 0.6) is 0 Å². The number of hydrogen-bond donors (Lipinski definition) is 1. The lowest BCUT2D eigenvalue weighted by atomic mass is 9.95. The number of nitrogens with one attached hydrogen (secondary N) is 1. The fourth-order valence-corrected chi connectivity index (χ4v) is 2.74. The summed E-state index contributed by atoms with van der Waals surface area (Å²) in [6, 6.07) is 27.6. The molecule has 1 heteroatoms. The van der Waals surface area contributed by atoms with Crippen molar-refractivity contribution in [3.05, 3.63) is 100 Å². The minimum Gasteiger partial charge on any atom is -0.385 e. The molecule has 0 radical (unpaired) electrons. The lowest BCUT2D eigenvalue weighted by Crippen LogP contribution is -2.11. The Labute approximate surface area is 137 Å². The smallest absolute Gasteiger partial charge is 0.0340 e. The van der Waals surface area contributed by atoms with E-state index in [4.69, 9.17) is 0 Å². The van der Waals surface area contributed by atoms with Crippen LogP contribution in [0.1, 0.15) is 18.1 Å². The highest BCUT2D eigenvalue weighted by Crippen LogP contribution is 2.22. The Bertz CT molecular complexity index is 854. The normalized spacial score (nSPS) is 10.3. The quantitative estimate of drug-likeness (QED) is 0.773. The molecule has 3 aromatic rings. The Morgan fingerprint density at radius 2 is 1.39 bits per heavy atom. The van der Waals surface area contributed by atoms with Crippen molar-refractivity contribution in [2.75, 3.05) is 11.9 Å². The van der Waals surface area contributed by atoms with Crippen molar-refractivity contribution < 1.29 is 0 Å². The van der Waals surface area contributed by atoms with Gasteiger partial charge in [0.2, 0.25) is 0 Å². The highest BCUT2D eigenvalue weighted by atomic mass is 14.8. The second-order valence-corrected chi connectivity index (χ2v) is 5.55. The fourth-order valence-electron chi connectivity index (χ4n) is 2.74. The number of benzene rings is 3. The first-order valence-corrected chi connectivity index (χ1v) is 7.97. The summed E-state index contributed by atoms with van der Waals surface area (Å²) in [5, 5.41) is 5.58. The highest BCUT2D eigenvalue weighted by Gasteiger charge is 2.06. The minimum atomic E-state index is 0.930. The SMILES string of the molecule is C=c1ccc(=C(c2ccccc2)c2ccc(NCC)cc2)cc1. The standard InChI is InChI=1S/C22H21N/c1-3-23-21-15-13-20(14-16-21)22(18-7-5-4-6-8-18)19-11-9-17(2)10-12-19/h4-16,23H,2-3H2,1H3. The van der Waals surface area contributed by atoms with E-state index in [1.165, 1.54) is 21.9 Å². The first-order valence-electron chi connectivity index (χ1n) is 7.97. The van der Waals surface area contributed by atoms with Crippen LogP contribution in [0.25, 0.3) is 12.2 Å². The van der Waals surface area contributed by atoms with Crippen molar-refractivity contribution in [3.8, 4) is 0 Å². The molecule has 23 heavy (non-hydrogen) atoms. The maximum Gasteiger partial charge on any atom is 0.0340 e. The summed E-state index contributed by atoms with van der Waals surface area (Å²) >= 11 is 0. The third kappa shape index (κ3) is 3.51. The average molecular weight is 299 g/mol. The van der Waals surface area contributed by atoms with Crippen LogP contribution in [0.4, 0.5) is 5.69 Å². The molecule has 0 atom stereocenters. The van der Waals surface area contributed by atoms with Crippen molar-refractivity contribution in [2.45, 2.75) is 6.92 Å². The predicted octanol–water partition coefficient (Wildman–Crippen LogP) is 3.78. The van der Waals surface area contributed by atoms with E-state index < -0.39 is 0 Å². The van der Waals surface area contributed by atoms with E-state index in [0.717, 1.165) is 17.5 Å². The molecule has 0 bridgehead atoms. The molecule has 0 aromatic heterocycles. The Morgan fingerprint density at radius 3 is 2.00 bits per heavy atom. The number of rotatable bonds is 4. The maximum absolute atomic E-state index is 3.98. The van der Waals surface area contributed by atoms with Gasteiger partial charge in [-0.15, -0.1) is 0 Å². The minimum absolute atomic E-state index is 0.930. The molecule has 1 N–H and O–H groups in total. The second-order valence-electron chi connectivity index (χ2n) is 5.55. The molecule has 0 spiro atoms. The lowest BCUT2D eigenvalue weighted by Gasteiger charge is -2.10. The Hall–Kier alpha value is -2.80. The molecule has 114 valence electrons. The molecular formula is C22H21N. The second kappa shape index (κ2) is 6.97. The van der Waals surface area contributed by atoms with Crippen LogP contribution in [0.15, 0.2) is 78.9 Å². The summed E-state index contributed by atoms with van der Waals surface area (Å²) in [4.78, 5) is 0. The van der Waals surface area contributed by atoms with Crippen molar-refractivity contribution in [1.82, 2.24) is 0 Å². The van der Waals surface area contributed by atoms with Gasteiger partial charge >= 0.3 is 0 Å². The molecule has 0 fully saturated rings. The van der Waals surface area contributed by atoms with Crippen LogP contribution in [-0.4, -0.2) is 6.54 Å². The third-order valence-electron chi connectivity index (χ3n) is 3.86. The zero-order chi connectivity index (χ0) is 16.1. The van der Waals surface area contributed by atoms with Gasteiger partial charge < -0.3 is 5.32 Å². The molecule has 0 amide bonds. The van der Waals surface area contributed by atoms with Crippen LogP contribution in [0.3, 0.4) is 0 Å². The summed E-state index contributed by atoms with van der Waals surface area (Å²) in [6.45, 7) is 7.02. The van der Waals surface area contributed by atoms with Crippen LogP contribution in [-0.2, 0) is 0 Å². The average Bonchev–Trinajstić information content (AvgIpc) is 2.60. The third-order valence-corrected chi connectivity index (χ3v) is 3.86. The summed E-state index contributed by atoms with van der Waals surface area (Å²) < 4.78 is 0. The van der Waals surface area contributed by atoms with Crippen LogP contribution in [0, 0.1) is 0 Å². The van der Waals surface area contributed by atoms with Gasteiger partial charge in [0.15, 0.2) is 0 Å². The van der Waals surface area contributed by atoms with E-state index in [1.807, 2.05) is 0 Å². The van der Waals surface area contributed by atoms with Crippen molar-refractivity contribution >= 4 is 17.8 Å². The van der Waals surface area contributed by atoms with E-state index in [0.29, 0.717) is 0 Å². The van der Waals surface area contributed by atoms with Gasteiger partial charge in [-0.05, 0) is 46.2 Å². The van der Waals surface area contributed by atoms with Crippen molar-refractivity contribution in [1.29, 1.82) is 0 Å². The first-order chi connectivity index (χ1) is 11.3. The zero-order valence-corrected chi connectivity index (χ0v) is 13.4. The summed E-state index contributed by atoms with van der Waals surface area (Å²) in [5.41, 5.74) is 4.83. The molecule has 0 aliphatic carbocycles. The summed E-state index contributed by atoms with van der Waals surface area (Å²) in [5.74, 6) is 0. The van der Waals surface area contributed by atoms with Gasteiger partial charge in [0.25, 0.3) is 0 Å². The molecule has 0 saturated carbocycles. The van der Waals surface area contributed by atoms with Gasteiger partial charge in [0, 0.05) is 12.2 Å². The van der Waals surface area contributed by atoms with Crippen molar-refractivity contribution in [3.63, 3.8) is 0 Å². The van der Waals surface area contributed by atoms with E-state index >= 15 is 0 Å². The molecule has 0 aliphatic rings. The van der Waals surface area contributed by atoms with Crippen LogP contribution >= 0.6 is 0 Å². The number of anilines is 1. The van der Waals surface area contributed by atoms with E-state index in [9.17, 15) is 0 Å². The molecule has 0 aliphatic heterocycles. The lowest BCUT2D eigenvalue weighted by molar-refractivity contribution is 1.21. The topological polar surface area (TPSA) is 12.0 Å². The predicted molar refractivity (Wildman–Crippen MR) is 99.9 cm³/mol. The van der Waals surface area contributed by atoms with E-state index in [1.54, 1.807) is 0 Å². The largest absolute Gasteiger partial charge is 0.385 e. The van der Waals surface area contributed by atoms with Gasteiger partial charge in [-0.25, -0.2) is 0 Å². The Morgan fingerprint density at radius 1 is 0.783 bits per heavy atom. The Kier molecular flexibility index (Phi) is 4.58. The van der Waals surface area contributed by atoms with Crippen LogP contribution < -0.4 is 15.8 Å². The van der Waals surface area contributed by atoms with Gasteiger partial charge in [-0.2, -0.15) is 0 Å². The van der Waals surface area contributed by atoms with Gasteiger partial charge in [-0.1, -0.05) is 73.3 Å². The van der Waals surface area contributed by atoms with Crippen LogP contribution in [0.2, 0.25) is 0 Å². The van der Waals surface area contributed by atoms with Gasteiger partial charge in [0.1, 0.15) is 0 Å². The summed E-state index contributed by atoms with van der Waals surface area (Å²) in [7, 11) is 0. The summed E-state index contributed by atoms with van der Waals surface area (Å²) in [6.07, 6.45) is 0. The molecular weight excluding hydrogens is 278 g/mol. The van der Waals surface area contributed by atoms with E-state index in [2.05, 4.69) is 97.7 Å². The zero-order valence-electron chi connectivity index (χ0n) is 13.4. The molecule has 0 saturated heterocycles. The fraction of sp³-hybridized carbons (Fsp3) is 0.0909. The van der Waals surface area contributed by atoms with E-state index in [-0.39, 0.29) is 0 Å². The molecule has 0 heterocycles. The highest BCUT2D eigenvalue weighted by molar-refractivity contribution is 5.80. The number of hydrogen-bond acceptors (Lipinski definition) is 1. The van der Waals surface area contributed by atoms with Gasteiger partial charge in [0.05, 0.1) is 0 Å². The monoisotopic (exact) mass is 299 g/mol. The van der Waals surface area contributed by atoms with Crippen molar-refractivity contribution in [2.24, 2.45) is 0 Å². The maximum atomic E-state index is 3.98. The molecule has 0 unspecified atom stereocenters. The van der Waals surface area contributed by atoms with Gasteiger partial charge in [-0.3, -0.25) is 0 Å². The first kappa shape index (κ1) is 15.1. The molecule has 3 aromatic carbocycles. The Balaban J connectivity index is 2.19.